The van der Waals surface area contributed by atoms with Crippen molar-refractivity contribution < 1.29 is 13.2 Å². The molecule has 3 nitrogen and oxygen atoms in total. The van der Waals surface area contributed by atoms with Crippen molar-refractivity contribution in [2.45, 2.75) is 13.1 Å². The summed E-state index contributed by atoms with van der Waals surface area (Å²) in [7, 11) is 0. The highest BCUT2D eigenvalue weighted by Gasteiger charge is 2.35. The maximum atomic E-state index is 12.9. The topological polar surface area (TPSA) is 42.9 Å². The molecule has 1 aromatic carbocycles. The van der Waals surface area contributed by atoms with Crippen molar-refractivity contribution in [2.75, 3.05) is 0 Å². The van der Waals surface area contributed by atoms with Crippen LogP contribution in [0.4, 0.5) is 13.2 Å². The second-order valence-corrected chi connectivity index (χ2v) is 3.48. The van der Waals surface area contributed by atoms with Crippen molar-refractivity contribution in [3.05, 3.63) is 46.0 Å². The molecule has 1 aromatic heterocycles. The molecule has 0 radical (unpaired) electrons. The minimum absolute atomic E-state index is 0.00887. The van der Waals surface area contributed by atoms with Crippen LogP contribution in [0.1, 0.15) is 11.3 Å². The zero-order chi connectivity index (χ0) is 12.6. The van der Waals surface area contributed by atoms with Gasteiger partial charge in [-0.1, -0.05) is 18.2 Å². The van der Waals surface area contributed by atoms with Crippen LogP contribution in [-0.4, -0.2) is 9.97 Å². The molecule has 0 fully saturated rings. The van der Waals surface area contributed by atoms with Gasteiger partial charge in [0.1, 0.15) is 0 Å². The summed E-state index contributed by atoms with van der Waals surface area (Å²) < 4.78 is 38.7. The molecule has 0 atom stereocenters. The number of aryl methyl sites for hydroxylation is 1. The van der Waals surface area contributed by atoms with Crippen LogP contribution in [0.15, 0.2) is 29.1 Å². The fourth-order valence-electron chi connectivity index (χ4n) is 1.66. The van der Waals surface area contributed by atoms with E-state index in [1.165, 1.54) is 24.3 Å². The maximum absolute atomic E-state index is 12.9. The second kappa shape index (κ2) is 3.80. The Balaban J connectivity index is 3.05. The van der Waals surface area contributed by atoms with Gasteiger partial charge >= 0.3 is 11.9 Å². The van der Waals surface area contributed by atoms with Gasteiger partial charge in [0.25, 0.3) is 0 Å². The largest absolute Gasteiger partial charge is 0.418 e. The first-order valence-corrected chi connectivity index (χ1v) is 4.74. The summed E-state index contributed by atoms with van der Waals surface area (Å²) >= 11 is 0. The van der Waals surface area contributed by atoms with Gasteiger partial charge in [-0.05, 0) is 13.0 Å². The number of benzene rings is 1. The van der Waals surface area contributed by atoms with Crippen LogP contribution >= 0.6 is 0 Å². The maximum Gasteiger partial charge on any atom is 0.418 e. The first-order chi connectivity index (χ1) is 7.89. The van der Waals surface area contributed by atoms with Gasteiger partial charge in [0.15, 0.2) is 0 Å². The molecule has 0 aliphatic heterocycles. The average Bonchev–Trinajstić information content (AvgIpc) is 2.30. The molecule has 0 spiro atoms. The van der Waals surface area contributed by atoms with Crippen molar-refractivity contribution in [1.82, 2.24) is 9.97 Å². The Hall–Kier alpha value is -1.98. The summed E-state index contributed by atoms with van der Waals surface area (Å²) in [5, 5.41) is -0.118. The molecule has 0 unspecified atom stereocenters. The van der Waals surface area contributed by atoms with Crippen LogP contribution in [0.5, 0.6) is 0 Å². The van der Waals surface area contributed by atoms with Crippen molar-refractivity contribution in [3.8, 4) is 0 Å². The Kier molecular flexibility index (Phi) is 2.57. The first kappa shape index (κ1) is 11.5. The van der Waals surface area contributed by atoms with Gasteiger partial charge in [0.05, 0.1) is 16.8 Å². The van der Waals surface area contributed by atoms with Crippen LogP contribution in [0, 0.1) is 6.92 Å². The van der Waals surface area contributed by atoms with Crippen LogP contribution in [0.3, 0.4) is 0 Å². The Bertz CT molecular complexity index is 638. The molecule has 88 valence electrons. The highest BCUT2D eigenvalue weighted by atomic mass is 19.4. The summed E-state index contributed by atoms with van der Waals surface area (Å²) in [4.78, 5) is 18.0. The van der Waals surface area contributed by atoms with Crippen LogP contribution in [0.2, 0.25) is 0 Å². The zero-order valence-electron chi connectivity index (χ0n) is 8.75. The molecule has 6 heteroatoms. The lowest BCUT2D eigenvalue weighted by Gasteiger charge is -2.08. The van der Waals surface area contributed by atoms with Gasteiger partial charge in [0, 0.05) is 5.39 Å². The van der Waals surface area contributed by atoms with Crippen molar-refractivity contribution >= 4 is 10.9 Å². The van der Waals surface area contributed by atoms with Gasteiger partial charge in [-0.2, -0.15) is 23.1 Å². The quantitative estimate of drug-likeness (QED) is 0.709. The van der Waals surface area contributed by atoms with E-state index in [1.54, 1.807) is 0 Å². The van der Waals surface area contributed by atoms with Gasteiger partial charge in [-0.15, -0.1) is 0 Å². The predicted octanol–water partition coefficient (Wildman–Crippen LogP) is 2.32. The van der Waals surface area contributed by atoms with Crippen LogP contribution in [-0.2, 0) is 6.18 Å². The molecule has 1 heterocycles. The molecular formula is C11H7F3N2O. The predicted molar refractivity (Wildman–Crippen MR) is 55.5 cm³/mol. The molecule has 0 aliphatic carbocycles. The Morgan fingerprint density at radius 1 is 1.12 bits per heavy atom. The summed E-state index contributed by atoms with van der Waals surface area (Å²) in [6.45, 7) is 1.15. The lowest BCUT2D eigenvalue weighted by molar-refractivity contribution is -0.136. The third-order valence-electron chi connectivity index (χ3n) is 2.30. The van der Waals surface area contributed by atoms with Gasteiger partial charge in [-0.25, -0.2) is 4.79 Å². The summed E-state index contributed by atoms with van der Waals surface area (Å²) in [5.74, 6) is 0. The number of para-hydroxylation sites is 1. The molecule has 2 rings (SSSR count). The third-order valence-corrected chi connectivity index (χ3v) is 2.30. The number of fused-ring (bicyclic) bond motifs is 1. The number of nitrogens with zero attached hydrogens (tertiary/aromatic N) is 2. The van der Waals surface area contributed by atoms with E-state index in [1.807, 2.05) is 0 Å². The SMILES string of the molecule is Cc1nc(=O)nc2ccccc2c1C(F)(F)F. The third kappa shape index (κ3) is 2.11. The number of alkyl halides is 3. The molecule has 0 saturated carbocycles. The fourth-order valence-corrected chi connectivity index (χ4v) is 1.66. The molecule has 0 N–H and O–H groups in total. The highest BCUT2D eigenvalue weighted by Crippen LogP contribution is 2.34. The fraction of sp³-hybridized carbons (Fsp3) is 0.182. The van der Waals surface area contributed by atoms with E-state index < -0.39 is 17.4 Å². The van der Waals surface area contributed by atoms with E-state index in [2.05, 4.69) is 9.97 Å². The number of rotatable bonds is 0. The minimum atomic E-state index is -4.57. The summed E-state index contributed by atoms with van der Waals surface area (Å²) in [6, 6.07) is 5.61. The average molecular weight is 240 g/mol. The van der Waals surface area contributed by atoms with E-state index >= 15 is 0 Å². The normalized spacial score (nSPS) is 11.8. The number of halogens is 3. The first-order valence-electron chi connectivity index (χ1n) is 4.74. The van der Waals surface area contributed by atoms with Crippen molar-refractivity contribution in [3.63, 3.8) is 0 Å². The van der Waals surface area contributed by atoms with E-state index in [0.717, 1.165) is 6.92 Å². The van der Waals surface area contributed by atoms with Gasteiger partial charge in [0.2, 0.25) is 0 Å². The van der Waals surface area contributed by atoms with Gasteiger partial charge < -0.3 is 0 Å². The monoisotopic (exact) mass is 240 g/mol. The van der Waals surface area contributed by atoms with Crippen LogP contribution < -0.4 is 5.69 Å². The number of hydrogen-bond donors (Lipinski definition) is 0. The minimum Gasteiger partial charge on any atom is -0.244 e. The van der Waals surface area contributed by atoms with E-state index in [4.69, 9.17) is 0 Å². The summed E-state index contributed by atoms with van der Waals surface area (Å²) in [6.07, 6.45) is -4.57. The molecule has 0 bridgehead atoms. The zero-order valence-corrected chi connectivity index (χ0v) is 8.75. The summed E-state index contributed by atoms with van der Waals surface area (Å²) in [5.41, 5.74) is -2.21. The number of hydrogen-bond acceptors (Lipinski definition) is 3. The molecule has 0 saturated heterocycles. The number of aromatic nitrogens is 2. The molecule has 0 amide bonds. The lowest BCUT2D eigenvalue weighted by atomic mass is 10.1. The molecule has 0 aliphatic rings. The van der Waals surface area contributed by atoms with Crippen LogP contribution in [0.25, 0.3) is 10.9 Å². The Labute approximate surface area is 94.0 Å². The molecular weight excluding hydrogens is 233 g/mol. The highest BCUT2D eigenvalue weighted by molar-refractivity contribution is 5.82. The van der Waals surface area contributed by atoms with E-state index in [0.29, 0.717) is 0 Å². The Morgan fingerprint density at radius 2 is 1.76 bits per heavy atom. The second-order valence-electron chi connectivity index (χ2n) is 3.48. The van der Waals surface area contributed by atoms with E-state index in [9.17, 15) is 18.0 Å². The molecule has 2 aromatic rings. The van der Waals surface area contributed by atoms with Crippen molar-refractivity contribution in [1.29, 1.82) is 0 Å². The van der Waals surface area contributed by atoms with E-state index in [-0.39, 0.29) is 16.6 Å². The smallest absolute Gasteiger partial charge is 0.244 e. The van der Waals surface area contributed by atoms with Gasteiger partial charge in [-0.3, -0.25) is 0 Å². The Morgan fingerprint density at radius 3 is 2.41 bits per heavy atom. The molecule has 17 heavy (non-hydrogen) atoms. The standard InChI is InChI=1S/C11H7F3N2O/c1-6-9(11(12,13)14)7-4-2-3-5-8(7)16-10(17)15-6/h2-5H,1H3. The lowest BCUT2D eigenvalue weighted by Crippen LogP contribution is -2.10. The van der Waals surface area contributed by atoms with Crippen molar-refractivity contribution in [2.24, 2.45) is 0 Å².